The second kappa shape index (κ2) is 8.62. The van der Waals surface area contributed by atoms with Gasteiger partial charge in [0, 0.05) is 13.3 Å². The number of unbranched alkanes of at least 4 members (excludes halogenated alkanes) is 1. The average molecular weight is 415 g/mol. The molecule has 3 saturated carbocycles. The van der Waals surface area contributed by atoms with Crippen molar-refractivity contribution in [2.75, 3.05) is 0 Å². The minimum absolute atomic E-state index is 0.114. The summed E-state index contributed by atoms with van der Waals surface area (Å²) in [5.74, 6) is 4.39. The van der Waals surface area contributed by atoms with E-state index in [0.29, 0.717) is 10.8 Å². The van der Waals surface area contributed by atoms with Crippen molar-refractivity contribution >= 4 is 5.97 Å². The fourth-order valence-electron chi connectivity index (χ4n) is 8.49. The molecule has 2 nitrogen and oxygen atoms in total. The smallest absolute Gasteiger partial charge is 0.302 e. The third-order valence-electron chi connectivity index (χ3n) is 10.2. The Morgan fingerprint density at radius 3 is 2.63 bits per heavy atom. The SMILES string of the molecule is CC(=O)O[C@H]1CC[C@@]2(C)C(=CCC3C4CCC(CCCCC(C)C)[C@@]4(C)CCC32)C1. The first-order valence-electron chi connectivity index (χ1n) is 13.1. The second-order valence-corrected chi connectivity index (χ2v) is 12.2. The molecule has 4 aliphatic carbocycles. The van der Waals surface area contributed by atoms with Crippen LogP contribution < -0.4 is 0 Å². The van der Waals surface area contributed by atoms with Crippen LogP contribution in [-0.2, 0) is 9.53 Å². The van der Waals surface area contributed by atoms with Gasteiger partial charge in [-0.25, -0.2) is 0 Å². The van der Waals surface area contributed by atoms with E-state index in [4.69, 9.17) is 4.74 Å². The number of allylic oxidation sites excluding steroid dienone is 1. The van der Waals surface area contributed by atoms with Gasteiger partial charge in [-0.15, -0.1) is 0 Å². The molecule has 4 aliphatic rings. The summed E-state index contributed by atoms with van der Waals surface area (Å²) in [6, 6.07) is 0. The Bertz CT molecular complexity index is 664. The molecule has 0 aromatic carbocycles. The van der Waals surface area contributed by atoms with Crippen LogP contribution in [0.2, 0.25) is 0 Å². The van der Waals surface area contributed by atoms with Crippen LogP contribution in [0.25, 0.3) is 0 Å². The molecule has 2 heteroatoms. The summed E-state index contributed by atoms with van der Waals surface area (Å²) in [7, 11) is 0. The van der Waals surface area contributed by atoms with E-state index in [1.165, 1.54) is 64.2 Å². The predicted molar refractivity (Wildman–Crippen MR) is 124 cm³/mol. The van der Waals surface area contributed by atoms with Crippen LogP contribution >= 0.6 is 0 Å². The van der Waals surface area contributed by atoms with Gasteiger partial charge in [-0.2, -0.15) is 0 Å². The lowest BCUT2D eigenvalue weighted by atomic mass is 9.47. The van der Waals surface area contributed by atoms with Crippen molar-refractivity contribution in [3.05, 3.63) is 11.6 Å². The van der Waals surface area contributed by atoms with E-state index in [0.717, 1.165) is 42.4 Å². The molecule has 7 atom stereocenters. The lowest BCUT2D eigenvalue weighted by Crippen LogP contribution is -2.50. The van der Waals surface area contributed by atoms with Crippen LogP contribution in [0.4, 0.5) is 0 Å². The third-order valence-corrected chi connectivity index (χ3v) is 10.2. The van der Waals surface area contributed by atoms with Crippen molar-refractivity contribution < 1.29 is 9.53 Å². The summed E-state index contributed by atoms with van der Waals surface area (Å²) >= 11 is 0. The van der Waals surface area contributed by atoms with Gasteiger partial charge in [0.05, 0.1) is 0 Å². The molecule has 30 heavy (non-hydrogen) atoms. The summed E-state index contributed by atoms with van der Waals surface area (Å²) in [6.45, 7) is 11.5. The van der Waals surface area contributed by atoms with Crippen molar-refractivity contribution in [2.24, 2.45) is 40.4 Å². The Morgan fingerprint density at radius 2 is 1.90 bits per heavy atom. The zero-order valence-electron chi connectivity index (χ0n) is 20.3. The Hall–Kier alpha value is -0.790. The van der Waals surface area contributed by atoms with Gasteiger partial charge in [0.2, 0.25) is 0 Å². The van der Waals surface area contributed by atoms with Crippen molar-refractivity contribution in [2.45, 2.75) is 118 Å². The van der Waals surface area contributed by atoms with Crippen LogP contribution in [0, 0.1) is 40.4 Å². The summed E-state index contributed by atoms with van der Waals surface area (Å²) in [6.07, 6.45) is 18.8. The van der Waals surface area contributed by atoms with E-state index in [1.54, 1.807) is 12.5 Å². The Kier molecular flexibility index (Phi) is 6.44. The van der Waals surface area contributed by atoms with Crippen molar-refractivity contribution in [1.82, 2.24) is 0 Å². The third kappa shape index (κ3) is 4.02. The molecular weight excluding hydrogens is 368 g/mol. The summed E-state index contributed by atoms with van der Waals surface area (Å²) < 4.78 is 5.60. The van der Waals surface area contributed by atoms with E-state index in [2.05, 4.69) is 33.8 Å². The number of carbonyl (C=O) groups is 1. The molecule has 3 fully saturated rings. The summed E-state index contributed by atoms with van der Waals surface area (Å²) in [4.78, 5) is 11.5. The van der Waals surface area contributed by atoms with Gasteiger partial charge >= 0.3 is 5.97 Å². The van der Waals surface area contributed by atoms with Crippen molar-refractivity contribution in [3.63, 3.8) is 0 Å². The van der Waals surface area contributed by atoms with Gasteiger partial charge in [-0.1, -0.05) is 58.6 Å². The number of ether oxygens (including phenoxy) is 1. The normalized spacial score (nSPS) is 42.9. The van der Waals surface area contributed by atoms with Gasteiger partial charge < -0.3 is 4.74 Å². The topological polar surface area (TPSA) is 26.3 Å². The van der Waals surface area contributed by atoms with Crippen molar-refractivity contribution in [1.29, 1.82) is 0 Å². The lowest BCUT2D eigenvalue weighted by molar-refractivity contribution is -0.148. The molecule has 0 radical (unpaired) electrons. The monoisotopic (exact) mass is 414 g/mol. The first-order valence-corrected chi connectivity index (χ1v) is 13.1. The highest BCUT2D eigenvalue weighted by Gasteiger charge is 2.58. The highest BCUT2D eigenvalue weighted by atomic mass is 16.5. The number of hydrogen-bond acceptors (Lipinski definition) is 2. The Balaban J connectivity index is 1.44. The minimum Gasteiger partial charge on any atom is -0.462 e. The molecule has 0 bridgehead atoms. The fraction of sp³-hybridized carbons (Fsp3) is 0.893. The fourth-order valence-corrected chi connectivity index (χ4v) is 8.49. The van der Waals surface area contributed by atoms with E-state index in [1.807, 2.05) is 0 Å². The van der Waals surface area contributed by atoms with Gasteiger partial charge in [0.1, 0.15) is 6.10 Å². The van der Waals surface area contributed by atoms with E-state index >= 15 is 0 Å². The predicted octanol–water partition coefficient (Wildman–Crippen LogP) is 7.71. The molecule has 0 aromatic heterocycles. The molecule has 4 unspecified atom stereocenters. The highest BCUT2D eigenvalue weighted by Crippen LogP contribution is 2.66. The number of esters is 1. The molecule has 0 aliphatic heterocycles. The van der Waals surface area contributed by atoms with Crippen LogP contribution in [-0.4, -0.2) is 12.1 Å². The van der Waals surface area contributed by atoms with E-state index in [-0.39, 0.29) is 12.1 Å². The molecule has 0 saturated heterocycles. The molecule has 0 aromatic rings. The molecule has 0 heterocycles. The van der Waals surface area contributed by atoms with Gasteiger partial charge in [0.15, 0.2) is 0 Å². The van der Waals surface area contributed by atoms with Crippen molar-refractivity contribution in [3.8, 4) is 0 Å². The standard InChI is InChI=1S/C28H46O2/c1-19(2)8-6-7-9-21-11-13-25-24-12-10-22-18-23(30-20(3)29)14-16-28(22,5)26(24)15-17-27(21,25)4/h10,19,21,23-26H,6-9,11-18H2,1-5H3/t21?,23-,24?,25?,26?,27+,28-/m0/s1. The molecule has 4 rings (SSSR count). The first-order chi connectivity index (χ1) is 14.2. The average Bonchev–Trinajstić information content (AvgIpc) is 3.01. The largest absolute Gasteiger partial charge is 0.462 e. The van der Waals surface area contributed by atoms with Crippen LogP contribution in [0.3, 0.4) is 0 Å². The molecule has 0 N–H and O–H groups in total. The number of hydrogen-bond donors (Lipinski definition) is 0. The zero-order valence-corrected chi connectivity index (χ0v) is 20.3. The maximum Gasteiger partial charge on any atom is 0.302 e. The van der Waals surface area contributed by atoms with E-state index < -0.39 is 0 Å². The maximum absolute atomic E-state index is 11.5. The van der Waals surface area contributed by atoms with Crippen LogP contribution in [0.15, 0.2) is 11.6 Å². The zero-order chi connectivity index (χ0) is 21.5. The number of carbonyl (C=O) groups excluding carboxylic acids is 1. The Labute approximate surface area is 185 Å². The quantitative estimate of drug-likeness (QED) is 0.253. The highest BCUT2D eigenvalue weighted by molar-refractivity contribution is 5.66. The summed E-state index contributed by atoms with van der Waals surface area (Å²) in [5, 5.41) is 0. The molecule has 0 spiro atoms. The molecule has 0 amide bonds. The number of fused-ring (bicyclic) bond motifs is 5. The second-order valence-electron chi connectivity index (χ2n) is 12.2. The minimum atomic E-state index is -0.114. The first kappa shape index (κ1) is 22.4. The van der Waals surface area contributed by atoms with Gasteiger partial charge in [0.25, 0.3) is 0 Å². The van der Waals surface area contributed by atoms with Crippen LogP contribution in [0.1, 0.15) is 112 Å². The van der Waals surface area contributed by atoms with Crippen LogP contribution in [0.5, 0.6) is 0 Å². The molecular formula is C28H46O2. The van der Waals surface area contributed by atoms with Gasteiger partial charge in [-0.3, -0.25) is 4.79 Å². The van der Waals surface area contributed by atoms with Gasteiger partial charge in [-0.05, 0) is 91.8 Å². The molecule has 170 valence electrons. The maximum atomic E-state index is 11.5. The summed E-state index contributed by atoms with van der Waals surface area (Å²) in [5.41, 5.74) is 2.57. The Morgan fingerprint density at radius 1 is 1.10 bits per heavy atom. The van der Waals surface area contributed by atoms with E-state index in [9.17, 15) is 4.79 Å². The lowest BCUT2D eigenvalue weighted by Gasteiger charge is -2.58. The number of rotatable bonds is 6.